The fraction of sp³-hybridized carbons (Fsp3) is 0.286. The Labute approximate surface area is 165 Å². The van der Waals surface area contributed by atoms with Crippen LogP contribution in [0.2, 0.25) is 5.02 Å². The second-order valence-electron chi connectivity index (χ2n) is 6.68. The zero-order valence-corrected chi connectivity index (χ0v) is 16.5. The summed E-state index contributed by atoms with van der Waals surface area (Å²) in [4.78, 5) is 14.5. The van der Waals surface area contributed by atoms with Crippen molar-refractivity contribution in [2.24, 2.45) is 0 Å². The molecule has 0 aromatic heterocycles. The van der Waals surface area contributed by atoms with E-state index < -0.39 is 9.84 Å². The molecule has 0 bridgehead atoms. The molecule has 1 amide bonds. The van der Waals surface area contributed by atoms with Gasteiger partial charge in [0.05, 0.1) is 11.5 Å². The van der Waals surface area contributed by atoms with E-state index >= 15 is 0 Å². The lowest BCUT2D eigenvalue weighted by molar-refractivity contribution is -0.127. The maximum Gasteiger partial charge on any atom is 0.246 e. The van der Waals surface area contributed by atoms with Gasteiger partial charge in [0, 0.05) is 23.7 Å². The van der Waals surface area contributed by atoms with Crippen molar-refractivity contribution in [3.8, 4) is 0 Å². The van der Waals surface area contributed by atoms with E-state index in [-0.39, 0.29) is 23.5 Å². The minimum atomic E-state index is -3.07. The van der Waals surface area contributed by atoms with E-state index in [2.05, 4.69) is 0 Å². The van der Waals surface area contributed by atoms with Gasteiger partial charge < -0.3 is 4.90 Å². The molecule has 0 unspecified atom stereocenters. The van der Waals surface area contributed by atoms with Gasteiger partial charge in [0.1, 0.15) is 0 Å². The van der Waals surface area contributed by atoms with Gasteiger partial charge in [0.15, 0.2) is 9.84 Å². The number of carbonyl (C=O) groups excluding carboxylic acids is 1. The van der Waals surface area contributed by atoms with Crippen LogP contribution in [0.15, 0.2) is 60.7 Å². The Kier molecular flexibility index (Phi) is 6.34. The molecule has 4 nitrogen and oxygen atoms in total. The lowest BCUT2D eigenvalue weighted by Crippen LogP contribution is -2.41. The quantitative estimate of drug-likeness (QED) is 0.692. The van der Waals surface area contributed by atoms with Crippen molar-refractivity contribution in [2.75, 3.05) is 18.1 Å². The maximum absolute atomic E-state index is 12.8. The first kappa shape index (κ1) is 19.6. The predicted molar refractivity (Wildman–Crippen MR) is 109 cm³/mol. The number of hydrogen-bond donors (Lipinski definition) is 0. The highest BCUT2D eigenvalue weighted by Crippen LogP contribution is 2.20. The van der Waals surface area contributed by atoms with Crippen LogP contribution in [-0.4, -0.2) is 43.3 Å². The van der Waals surface area contributed by atoms with Crippen LogP contribution in [0.1, 0.15) is 17.5 Å². The molecule has 1 aliphatic rings. The third-order valence-electron chi connectivity index (χ3n) is 4.73. The Morgan fingerprint density at radius 3 is 2.48 bits per heavy atom. The molecule has 142 valence electrons. The summed E-state index contributed by atoms with van der Waals surface area (Å²) in [5, 5.41) is 0.570. The average Bonchev–Trinajstić information content (AvgIpc) is 3.01. The van der Waals surface area contributed by atoms with Crippen LogP contribution in [0.5, 0.6) is 0 Å². The summed E-state index contributed by atoms with van der Waals surface area (Å²) >= 11 is 6.14. The molecule has 1 fully saturated rings. The van der Waals surface area contributed by atoms with E-state index in [1.54, 1.807) is 17.0 Å². The Morgan fingerprint density at radius 2 is 1.81 bits per heavy atom. The predicted octanol–water partition coefficient (Wildman–Crippen LogP) is 3.61. The van der Waals surface area contributed by atoms with Gasteiger partial charge in [-0.25, -0.2) is 8.42 Å². The van der Waals surface area contributed by atoms with Crippen LogP contribution < -0.4 is 0 Å². The van der Waals surface area contributed by atoms with Crippen LogP contribution in [-0.2, 0) is 21.1 Å². The molecule has 0 saturated carbocycles. The highest BCUT2D eigenvalue weighted by molar-refractivity contribution is 7.91. The van der Waals surface area contributed by atoms with Gasteiger partial charge in [-0.15, -0.1) is 0 Å². The zero-order valence-electron chi connectivity index (χ0n) is 14.9. The maximum atomic E-state index is 12.8. The Morgan fingerprint density at radius 1 is 1.11 bits per heavy atom. The Balaban J connectivity index is 1.76. The minimum absolute atomic E-state index is 0.0352. The summed E-state index contributed by atoms with van der Waals surface area (Å²) in [6.45, 7) is 0.482. The van der Waals surface area contributed by atoms with E-state index in [0.717, 1.165) is 11.1 Å². The molecule has 2 aromatic rings. The van der Waals surface area contributed by atoms with Gasteiger partial charge in [-0.2, -0.15) is 0 Å². The molecular weight excluding hydrogens is 382 g/mol. The molecule has 0 radical (unpaired) electrons. The van der Waals surface area contributed by atoms with Gasteiger partial charge >= 0.3 is 0 Å². The third-order valence-corrected chi connectivity index (χ3v) is 6.82. The molecule has 1 heterocycles. The van der Waals surface area contributed by atoms with E-state index in [1.165, 1.54) is 6.08 Å². The van der Waals surface area contributed by atoms with E-state index in [9.17, 15) is 13.2 Å². The number of rotatable bonds is 6. The number of sulfone groups is 1. The Hall–Kier alpha value is -2.11. The molecule has 3 rings (SSSR count). The molecule has 27 heavy (non-hydrogen) atoms. The number of nitrogens with zero attached hydrogens (tertiary/aromatic N) is 1. The smallest absolute Gasteiger partial charge is 0.246 e. The normalized spacial score (nSPS) is 18.6. The van der Waals surface area contributed by atoms with Gasteiger partial charge in [-0.05, 0) is 36.1 Å². The summed E-state index contributed by atoms with van der Waals surface area (Å²) in [5.41, 5.74) is 1.88. The topological polar surface area (TPSA) is 54.5 Å². The molecule has 6 heteroatoms. The van der Waals surface area contributed by atoms with Gasteiger partial charge in [0.25, 0.3) is 0 Å². The minimum Gasteiger partial charge on any atom is -0.335 e. The second-order valence-corrected chi connectivity index (χ2v) is 9.31. The summed E-state index contributed by atoms with van der Waals surface area (Å²) < 4.78 is 23.8. The van der Waals surface area contributed by atoms with Crippen molar-refractivity contribution in [1.29, 1.82) is 0 Å². The van der Waals surface area contributed by atoms with Crippen LogP contribution in [0.4, 0.5) is 0 Å². The van der Waals surface area contributed by atoms with Gasteiger partial charge in [-0.3, -0.25) is 4.79 Å². The first-order chi connectivity index (χ1) is 12.9. The van der Waals surface area contributed by atoms with Crippen molar-refractivity contribution in [3.05, 3.63) is 76.8 Å². The molecule has 2 aromatic carbocycles. The second kappa shape index (κ2) is 8.72. The van der Waals surface area contributed by atoms with Crippen LogP contribution in [0, 0.1) is 0 Å². The number of benzene rings is 2. The number of amides is 1. The van der Waals surface area contributed by atoms with Gasteiger partial charge in [0.2, 0.25) is 5.91 Å². The van der Waals surface area contributed by atoms with Crippen molar-refractivity contribution in [3.63, 3.8) is 0 Å². The van der Waals surface area contributed by atoms with Crippen molar-refractivity contribution in [1.82, 2.24) is 4.90 Å². The van der Waals surface area contributed by atoms with E-state index in [4.69, 9.17) is 11.6 Å². The summed E-state index contributed by atoms with van der Waals surface area (Å²) in [6.07, 6.45) is 4.34. The molecular formula is C21H22ClNO3S. The highest BCUT2D eigenvalue weighted by atomic mass is 35.5. The summed E-state index contributed by atoms with van der Waals surface area (Å²) in [5.74, 6) is -0.0120. The summed E-state index contributed by atoms with van der Waals surface area (Å²) in [6, 6.07) is 16.9. The fourth-order valence-corrected chi connectivity index (χ4v) is 5.18. The number of carbonyl (C=O) groups is 1. The molecule has 0 N–H and O–H groups in total. The summed E-state index contributed by atoms with van der Waals surface area (Å²) in [7, 11) is -3.07. The van der Waals surface area contributed by atoms with Crippen molar-refractivity contribution < 1.29 is 13.2 Å². The largest absolute Gasteiger partial charge is 0.335 e. The molecule has 0 aliphatic carbocycles. The van der Waals surface area contributed by atoms with Crippen molar-refractivity contribution >= 4 is 33.4 Å². The molecule has 1 saturated heterocycles. The highest BCUT2D eigenvalue weighted by Gasteiger charge is 2.33. The SMILES string of the molecule is O=C(/C=C/c1ccccc1Cl)N(CCc1ccccc1)[C@H]1CCS(=O)(=O)C1. The standard InChI is InChI=1S/C21H22ClNO3S/c22-20-9-5-4-8-18(20)10-11-21(24)23(19-13-15-27(25,26)16-19)14-12-17-6-2-1-3-7-17/h1-11,19H,12-16H2/b11-10+/t19-/m0/s1. The number of hydrogen-bond acceptors (Lipinski definition) is 3. The van der Waals surface area contributed by atoms with Crippen molar-refractivity contribution in [2.45, 2.75) is 18.9 Å². The van der Waals surface area contributed by atoms with E-state index in [1.807, 2.05) is 48.5 Å². The van der Waals surface area contributed by atoms with Crippen LogP contribution >= 0.6 is 11.6 Å². The van der Waals surface area contributed by atoms with Crippen LogP contribution in [0.25, 0.3) is 6.08 Å². The Bertz CT molecular complexity index is 925. The lowest BCUT2D eigenvalue weighted by Gasteiger charge is -2.27. The monoisotopic (exact) mass is 403 g/mol. The fourth-order valence-electron chi connectivity index (χ4n) is 3.26. The lowest BCUT2D eigenvalue weighted by atomic mass is 10.1. The molecule has 1 atom stereocenters. The first-order valence-corrected chi connectivity index (χ1v) is 11.1. The van der Waals surface area contributed by atoms with Gasteiger partial charge in [-0.1, -0.05) is 60.1 Å². The molecule has 1 aliphatic heterocycles. The number of halogens is 1. The van der Waals surface area contributed by atoms with E-state index in [0.29, 0.717) is 24.4 Å². The molecule has 0 spiro atoms. The van der Waals surface area contributed by atoms with Crippen LogP contribution in [0.3, 0.4) is 0 Å². The average molecular weight is 404 g/mol. The zero-order chi connectivity index (χ0) is 19.3. The third kappa shape index (κ3) is 5.44. The first-order valence-electron chi connectivity index (χ1n) is 8.92.